The van der Waals surface area contributed by atoms with Gasteiger partial charge in [-0.1, -0.05) is 15.9 Å². The molecule has 0 aliphatic heterocycles. The highest BCUT2D eigenvalue weighted by atomic mass is 79.9. The molecule has 6 heteroatoms. The number of carbonyl (C=O) groups is 1. The maximum absolute atomic E-state index is 12.0. The van der Waals surface area contributed by atoms with E-state index in [9.17, 15) is 9.00 Å². The van der Waals surface area contributed by atoms with Crippen LogP contribution in [-0.4, -0.2) is 29.5 Å². The summed E-state index contributed by atoms with van der Waals surface area (Å²) in [6.45, 7) is 2.46. The van der Waals surface area contributed by atoms with E-state index in [1.54, 1.807) is 7.11 Å². The molecule has 0 saturated heterocycles. The van der Waals surface area contributed by atoms with Gasteiger partial charge in [0.1, 0.15) is 5.75 Å². The van der Waals surface area contributed by atoms with Crippen LogP contribution in [0.1, 0.15) is 18.9 Å². The Kier molecular flexibility index (Phi) is 7.09. The van der Waals surface area contributed by atoms with Crippen molar-refractivity contribution in [3.8, 4) is 5.75 Å². The second kappa shape index (κ2) is 8.32. The van der Waals surface area contributed by atoms with E-state index in [0.29, 0.717) is 18.1 Å². The van der Waals surface area contributed by atoms with Crippen LogP contribution in [-0.2, 0) is 21.3 Å². The molecule has 0 aliphatic carbocycles. The molecule has 0 saturated carbocycles. The van der Waals surface area contributed by atoms with Gasteiger partial charge in [0.05, 0.1) is 12.9 Å². The summed E-state index contributed by atoms with van der Waals surface area (Å²) in [5.74, 6) is 1.41. The van der Waals surface area contributed by atoms with Crippen molar-refractivity contribution in [3.05, 3.63) is 28.2 Å². The number of benzene rings is 1. The predicted octanol–water partition coefficient (Wildman–Crippen LogP) is 2.23. The van der Waals surface area contributed by atoms with Crippen LogP contribution >= 0.6 is 15.9 Å². The molecular formula is C13H18BrNO3S. The molecule has 1 rings (SSSR count). The smallest absolute Gasteiger partial charge is 0.220 e. The van der Waals surface area contributed by atoms with Crippen molar-refractivity contribution in [2.45, 2.75) is 19.1 Å². The lowest BCUT2D eigenvalue weighted by Gasteiger charge is -2.09. The Bertz CT molecular complexity index is 465. The molecule has 1 aromatic carbocycles. The monoisotopic (exact) mass is 347 g/mol. The predicted molar refractivity (Wildman–Crippen MR) is 80.7 cm³/mol. The topological polar surface area (TPSA) is 55.4 Å². The molecular weight excluding hydrogens is 330 g/mol. The maximum atomic E-state index is 12.0. The second-order valence-electron chi connectivity index (χ2n) is 3.95. The number of ether oxygens (including phenoxy) is 1. The minimum Gasteiger partial charge on any atom is -0.496 e. The molecule has 1 amide bonds. The zero-order valence-corrected chi connectivity index (χ0v) is 13.5. The SMILES string of the molecule is CCNC(=O)CC[S@](=O)Cc1cc(Br)ccc1OC. The molecule has 0 fully saturated rings. The van der Waals surface area contributed by atoms with Gasteiger partial charge < -0.3 is 10.1 Å². The molecule has 0 aromatic heterocycles. The Morgan fingerprint density at radius 3 is 2.84 bits per heavy atom. The minimum atomic E-state index is -1.08. The Morgan fingerprint density at radius 1 is 1.47 bits per heavy atom. The van der Waals surface area contributed by atoms with E-state index in [2.05, 4.69) is 21.2 Å². The van der Waals surface area contributed by atoms with Crippen LogP contribution in [0.3, 0.4) is 0 Å². The van der Waals surface area contributed by atoms with Gasteiger partial charge in [-0.2, -0.15) is 0 Å². The summed E-state index contributed by atoms with van der Waals surface area (Å²) in [6.07, 6.45) is 0.288. The van der Waals surface area contributed by atoms with Crippen LogP contribution in [0.5, 0.6) is 5.75 Å². The van der Waals surface area contributed by atoms with Crippen molar-refractivity contribution in [2.24, 2.45) is 0 Å². The Morgan fingerprint density at radius 2 is 2.21 bits per heavy atom. The van der Waals surface area contributed by atoms with Gasteiger partial charge in [-0.3, -0.25) is 9.00 Å². The third-order valence-electron chi connectivity index (χ3n) is 2.49. The van der Waals surface area contributed by atoms with Crippen molar-refractivity contribution in [1.82, 2.24) is 5.32 Å². The normalized spacial score (nSPS) is 11.9. The Labute approximate surface area is 124 Å². The van der Waals surface area contributed by atoms with Gasteiger partial charge in [0.15, 0.2) is 0 Å². The summed E-state index contributed by atoms with van der Waals surface area (Å²) < 4.78 is 18.1. The Hall–Kier alpha value is -0.880. The molecule has 1 aromatic rings. The average molecular weight is 348 g/mol. The number of amides is 1. The number of nitrogens with one attached hydrogen (secondary N) is 1. The van der Waals surface area contributed by atoms with Gasteiger partial charge in [0.2, 0.25) is 5.91 Å². The fourth-order valence-electron chi connectivity index (χ4n) is 1.60. The first kappa shape index (κ1) is 16.2. The number of carbonyl (C=O) groups excluding carboxylic acids is 1. The quantitative estimate of drug-likeness (QED) is 0.822. The van der Waals surface area contributed by atoms with Crippen LogP contribution in [0.2, 0.25) is 0 Å². The molecule has 19 heavy (non-hydrogen) atoms. The highest BCUT2D eigenvalue weighted by Crippen LogP contribution is 2.24. The van der Waals surface area contributed by atoms with Gasteiger partial charge in [0, 0.05) is 39.6 Å². The molecule has 0 bridgehead atoms. The summed E-state index contributed by atoms with van der Waals surface area (Å²) >= 11 is 3.38. The van der Waals surface area contributed by atoms with Crippen LogP contribution in [0.15, 0.2) is 22.7 Å². The number of rotatable bonds is 7. The first-order valence-corrected chi connectivity index (χ1v) is 8.29. The van der Waals surface area contributed by atoms with E-state index in [1.165, 1.54) is 0 Å². The van der Waals surface area contributed by atoms with Gasteiger partial charge in [-0.15, -0.1) is 0 Å². The van der Waals surface area contributed by atoms with Crippen molar-refractivity contribution in [1.29, 1.82) is 0 Å². The number of halogens is 1. The van der Waals surface area contributed by atoms with Crippen LogP contribution < -0.4 is 10.1 Å². The Balaban J connectivity index is 2.57. The summed E-state index contributed by atoms with van der Waals surface area (Å²) in [5.41, 5.74) is 0.881. The summed E-state index contributed by atoms with van der Waals surface area (Å²) in [6, 6.07) is 5.60. The van der Waals surface area contributed by atoms with Crippen molar-refractivity contribution in [2.75, 3.05) is 19.4 Å². The van der Waals surface area contributed by atoms with E-state index in [-0.39, 0.29) is 12.3 Å². The first-order valence-electron chi connectivity index (χ1n) is 6.01. The molecule has 1 atom stereocenters. The van der Waals surface area contributed by atoms with Crippen LogP contribution in [0, 0.1) is 0 Å². The fraction of sp³-hybridized carbons (Fsp3) is 0.462. The second-order valence-corrected chi connectivity index (χ2v) is 6.44. The zero-order chi connectivity index (χ0) is 14.3. The summed E-state index contributed by atoms with van der Waals surface area (Å²) in [4.78, 5) is 11.3. The van der Waals surface area contributed by atoms with Crippen LogP contribution in [0.25, 0.3) is 0 Å². The largest absolute Gasteiger partial charge is 0.496 e. The van der Waals surface area contributed by atoms with Gasteiger partial charge >= 0.3 is 0 Å². The van der Waals surface area contributed by atoms with Gasteiger partial charge in [-0.25, -0.2) is 0 Å². The molecule has 0 unspecified atom stereocenters. The highest BCUT2D eigenvalue weighted by Gasteiger charge is 2.10. The lowest BCUT2D eigenvalue weighted by atomic mass is 10.2. The average Bonchev–Trinajstić information content (AvgIpc) is 2.37. The summed E-state index contributed by atoms with van der Waals surface area (Å²) in [7, 11) is 0.511. The third-order valence-corrected chi connectivity index (χ3v) is 4.28. The van der Waals surface area contributed by atoms with E-state index in [0.717, 1.165) is 15.8 Å². The third kappa shape index (κ3) is 5.74. The van der Waals surface area contributed by atoms with Crippen molar-refractivity contribution in [3.63, 3.8) is 0 Å². The fourth-order valence-corrected chi connectivity index (χ4v) is 3.14. The number of hydrogen-bond acceptors (Lipinski definition) is 3. The van der Waals surface area contributed by atoms with E-state index in [1.807, 2.05) is 25.1 Å². The molecule has 0 heterocycles. The zero-order valence-electron chi connectivity index (χ0n) is 11.1. The molecule has 0 radical (unpaired) electrons. The van der Waals surface area contributed by atoms with E-state index < -0.39 is 10.8 Å². The molecule has 4 nitrogen and oxygen atoms in total. The molecule has 106 valence electrons. The lowest BCUT2D eigenvalue weighted by molar-refractivity contribution is -0.120. The molecule has 0 spiro atoms. The molecule has 1 N–H and O–H groups in total. The minimum absolute atomic E-state index is 0.0583. The van der Waals surface area contributed by atoms with Crippen molar-refractivity contribution >= 4 is 32.6 Å². The van der Waals surface area contributed by atoms with Gasteiger partial charge in [0.25, 0.3) is 0 Å². The van der Waals surface area contributed by atoms with Crippen molar-refractivity contribution < 1.29 is 13.7 Å². The number of hydrogen-bond donors (Lipinski definition) is 1. The highest BCUT2D eigenvalue weighted by molar-refractivity contribution is 9.10. The molecule has 0 aliphatic rings. The summed E-state index contributed by atoms with van der Waals surface area (Å²) in [5, 5.41) is 2.69. The lowest BCUT2D eigenvalue weighted by Crippen LogP contribution is -2.24. The first-order chi connectivity index (χ1) is 9.06. The number of methoxy groups -OCH3 is 1. The van der Waals surface area contributed by atoms with Gasteiger partial charge in [-0.05, 0) is 25.1 Å². The van der Waals surface area contributed by atoms with Crippen LogP contribution in [0.4, 0.5) is 0 Å². The standard InChI is InChI=1S/C13H18BrNO3S/c1-3-15-13(16)6-7-19(17)9-10-8-11(14)4-5-12(10)18-2/h4-5,8H,3,6-7,9H2,1-2H3,(H,15,16)/t19-/m0/s1. The maximum Gasteiger partial charge on any atom is 0.220 e. The van der Waals surface area contributed by atoms with E-state index >= 15 is 0 Å². The van der Waals surface area contributed by atoms with E-state index in [4.69, 9.17) is 4.74 Å².